The lowest BCUT2D eigenvalue weighted by Gasteiger charge is -2.30. The molecule has 4 heterocycles. The fourth-order valence-corrected chi connectivity index (χ4v) is 3.70. The number of anilines is 2. The van der Waals surface area contributed by atoms with E-state index in [2.05, 4.69) is 43.1 Å². The Morgan fingerprint density at radius 3 is 2.48 bits per heavy atom. The maximum absolute atomic E-state index is 5.61. The molecule has 0 amide bonds. The van der Waals surface area contributed by atoms with Gasteiger partial charge in [0.25, 0.3) is 0 Å². The zero-order valence-electron chi connectivity index (χ0n) is 15.0. The molecule has 7 nitrogen and oxygen atoms in total. The molecule has 2 aliphatic heterocycles. The topological polar surface area (TPSA) is 67.5 Å². The summed E-state index contributed by atoms with van der Waals surface area (Å²) < 4.78 is 11.1. The quantitative estimate of drug-likeness (QED) is 0.708. The summed E-state index contributed by atoms with van der Waals surface area (Å²) in [6.07, 6.45) is 2.48. The Morgan fingerprint density at radius 2 is 1.67 bits per heavy atom. The fraction of sp³-hybridized carbons (Fsp3) is 0.350. The van der Waals surface area contributed by atoms with Crippen LogP contribution in [0.2, 0.25) is 0 Å². The molecule has 1 saturated heterocycles. The van der Waals surface area contributed by atoms with Crippen LogP contribution in [0.3, 0.4) is 0 Å². The third-order valence-corrected chi connectivity index (χ3v) is 5.17. The standard InChI is InChI=1S/C20H21N5O2/c1-2-4-15(5-3-1)20-16-13-25(7-6-17(16)27-23-20)19-12-18(21-14-22-19)24-8-10-26-11-9-24/h1-5,12,14H,6-11,13H2. The van der Waals surface area contributed by atoms with Crippen LogP contribution in [-0.2, 0) is 17.7 Å². The summed E-state index contributed by atoms with van der Waals surface area (Å²) in [6, 6.07) is 12.3. The van der Waals surface area contributed by atoms with Crippen LogP contribution in [0.25, 0.3) is 11.3 Å². The van der Waals surface area contributed by atoms with Gasteiger partial charge in [0.1, 0.15) is 29.4 Å². The van der Waals surface area contributed by atoms with Crippen LogP contribution in [0.5, 0.6) is 0 Å². The van der Waals surface area contributed by atoms with Gasteiger partial charge in [0.15, 0.2) is 0 Å². The first-order valence-electron chi connectivity index (χ1n) is 9.31. The van der Waals surface area contributed by atoms with Crippen molar-refractivity contribution in [3.8, 4) is 11.3 Å². The summed E-state index contributed by atoms with van der Waals surface area (Å²) in [6.45, 7) is 4.81. The number of rotatable bonds is 3. The number of ether oxygens (including phenoxy) is 1. The first kappa shape index (κ1) is 16.3. The molecule has 0 aliphatic carbocycles. The maximum atomic E-state index is 5.61. The molecule has 0 atom stereocenters. The van der Waals surface area contributed by atoms with Gasteiger partial charge in [-0.05, 0) is 0 Å². The van der Waals surface area contributed by atoms with E-state index in [0.717, 1.165) is 80.0 Å². The molecular weight excluding hydrogens is 342 g/mol. The van der Waals surface area contributed by atoms with Gasteiger partial charge in [0, 0.05) is 43.2 Å². The van der Waals surface area contributed by atoms with E-state index in [-0.39, 0.29) is 0 Å². The Labute approximate surface area is 157 Å². The van der Waals surface area contributed by atoms with Crippen LogP contribution in [-0.4, -0.2) is 48.0 Å². The molecule has 0 N–H and O–H groups in total. The van der Waals surface area contributed by atoms with Crippen molar-refractivity contribution in [3.63, 3.8) is 0 Å². The summed E-state index contributed by atoms with van der Waals surface area (Å²) in [5.74, 6) is 2.88. The van der Waals surface area contributed by atoms with Crippen molar-refractivity contribution in [2.45, 2.75) is 13.0 Å². The fourth-order valence-electron chi connectivity index (χ4n) is 3.70. The third-order valence-electron chi connectivity index (χ3n) is 5.17. The Kier molecular flexibility index (Phi) is 4.21. The minimum Gasteiger partial charge on any atom is -0.378 e. The van der Waals surface area contributed by atoms with Gasteiger partial charge in [0.2, 0.25) is 0 Å². The Hall–Kier alpha value is -2.93. The summed E-state index contributed by atoms with van der Waals surface area (Å²) in [4.78, 5) is 13.5. The minimum absolute atomic E-state index is 0.739. The Balaban J connectivity index is 1.42. The second kappa shape index (κ2) is 7.00. The largest absolute Gasteiger partial charge is 0.378 e. The molecule has 0 bridgehead atoms. The molecule has 2 aromatic heterocycles. The highest BCUT2D eigenvalue weighted by atomic mass is 16.5. The number of benzene rings is 1. The smallest absolute Gasteiger partial charge is 0.144 e. The molecule has 1 aromatic carbocycles. The van der Waals surface area contributed by atoms with Crippen molar-refractivity contribution < 1.29 is 9.26 Å². The van der Waals surface area contributed by atoms with Crippen LogP contribution < -0.4 is 9.80 Å². The van der Waals surface area contributed by atoms with Crippen molar-refractivity contribution in [2.24, 2.45) is 0 Å². The van der Waals surface area contributed by atoms with E-state index in [0.29, 0.717) is 0 Å². The summed E-state index contributed by atoms with van der Waals surface area (Å²) in [7, 11) is 0. The first-order valence-corrected chi connectivity index (χ1v) is 9.31. The second-order valence-electron chi connectivity index (χ2n) is 6.80. The first-order chi connectivity index (χ1) is 13.4. The maximum Gasteiger partial charge on any atom is 0.144 e. The predicted octanol–water partition coefficient (Wildman–Crippen LogP) is 2.53. The summed E-state index contributed by atoms with van der Waals surface area (Å²) >= 11 is 0. The highest BCUT2D eigenvalue weighted by molar-refractivity contribution is 5.65. The van der Waals surface area contributed by atoms with E-state index in [1.54, 1.807) is 6.33 Å². The van der Waals surface area contributed by atoms with E-state index in [9.17, 15) is 0 Å². The molecule has 5 rings (SSSR count). The number of hydrogen-bond donors (Lipinski definition) is 0. The molecule has 1 fully saturated rings. The van der Waals surface area contributed by atoms with Crippen LogP contribution in [0.1, 0.15) is 11.3 Å². The van der Waals surface area contributed by atoms with E-state index in [4.69, 9.17) is 9.26 Å². The SMILES string of the molecule is c1ccc(-c2noc3c2CN(c2cc(N4CCOCC4)ncn2)CC3)cc1. The van der Waals surface area contributed by atoms with Gasteiger partial charge in [-0.2, -0.15) is 0 Å². The van der Waals surface area contributed by atoms with Crippen molar-refractivity contribution in [3.05, 3.63) is 54.0 Å². The van der Waals surface area contributed by atoms with E-state index >= 15 is 0 Å². The van der Waals surface area contributed by atoms with Crippen molar-refractivity contribution in [2.75, 3.05) is 42.6 Å². The summed E-state index contributed by atoms with van der Waals surface area (Å²) in [5.41, 5.74) is 3.16. The molecule has 0 radical (unpaired) electrons. The predicted molar refractivity (Wildman–Crippen MR) is 102 cm³/mol. The zero-order valence-corrected chi connectivity index (χ0v) is 15.0. The summed E-state index contributed by atoms with van der Waals surface area (Å²) in [5, 5.41) is 4.33. The van der Waals surface area contributed by atoms with Crippen molar-refractivity contribution in [1.29, 1.82) is 0 Å². The van der Waals surface area contributed by atoms with Crippen LogP contribution in [0.4, 0.5) is 11.6 Å². The molecule has 27 heavy (non-hydrogen) atoms. The van der Waals surface area contributed by atoms with Crippen LogP contribution >= 0.6 is 0 Å². The molecule has 138 valence electrons. The lowest BCUT2D eigenvalue weighted by Crippen LogP contribution is -2.37. The molecule has 0 unspecified atom stereocenters. The normalized spacial score (nSPS) is 17.0. The van der Waals surface area contributed by atoms with E-state index in [1.807, 2.05) is 18.2 Å². The van der Waals surface area contributed by atoms with Crippen molar-refractivity contribution >= 4 is 11.6 Å². The molecule has 0 saturated carbocycles. The van der Waals surface area contributed by atoms with Crippen LogP contribution in [0.15, 0.2) is 47.2 Å². The molecule has 0 spiro atoms. The third kappa shape index (κ3) is 3.14. The molecular formula is C20H21N5O2. The number of nitrogens with zero attached hydrogens (tertiary/aromatic N) is 5. The van der Waals surface area contributed by atoms with Gasteiger partial charge in [-0.3, -0.25) is 0 Å². The Morgan fingerprint density at radius 1 is 0.889 bits per heavy atom. The average molecular weight is 363 g/mol. The Bertz CT molecular complexity index is 921. The lowest BCUT2D eigenvalue weighted by molar-refractivity contribution is 0.122. The van der Waals surface area contributed by atoms with E-state index < -0.39 is 0 Å². The molecule has 7 heteroatoms. The molecule has 2 aliphatic rings. The van der Waals surface area contributed by atoms with Gasteiger partial charge >= 0.3 is 0 Å². The van der Waals surface area contributed by atoms with Gasteiger partial charge in [-0.25, -0.2) is 9.97 Å². The minimum atomic E-state index is 0.739. The van der Waals surface area contributed by atoms with Gasteiger partial charge in [0.05, 0.1) is 19.8 Å². The highest BCUT2D eigenvalue weighted by Gasteiger charge is 2.26. The van der Waals surface area contributed by atoms with Crippen molar-refractivity contribution in [1.82, 2.24) is 15.1 Å². The highest BCUT2D eigenvalue weighted by Crippen LogP contribution is 2.32. The number of morpholine rings is 1. The van der Waals surface area contributed by atoms with Crippen LogP contribution in [0, 0.1) is 0 Å². The monoisotopic (exact) mass is 363 g/mol. The van der Waals surface area contributed by atoms with Gasteiger partial charge in [-0.15, -0.1) is 0 Å². The number of aromatic nitrogens is 3. The van der Waals surface area contributed by atoms with Gasteiger partial charge in [-0.1, -0.05) is 35.5 Å². The average Bonchev–Trinajstić information content (AvgIpc) is 3.18. The lowest BCUT2D eigenvalue weighted by atomic mass is 10.0. The number of fused-ring (bicyclic) bond motifs is 1. The van der Waals surface area contributed by atoms with E-state index in [1.165, 1.54) is 0 Å². The molecule has 3 aromatic rings. The number of hydrogen-bond acceptors (Lipinski definition) is 7. The van der Waals surface area contributed by atoms with Gasteiger partial charge < -0.3 is 19.1 Å². The zero-order chi connectivity index (χ0) is 18.1. The second-order valence-corrected chi connectivity index (χ2v) is 6.80.